The third-order valence-corrected chi connectivity index (χ3v) is 4.31. The molecule has 1 aliphatic rings. The Morgan fingerprint density at radius 1 is 1.47 bits per heavy atom. The maximum absolute atomic E-state index is 12.4. The lowest BCUT2D eigenvalue weighted by atomic mass is 10.1. The molecule has 0 unspecified atom stereocenters. The van der Waals surface area contributed by atoms with Crippen LogP contribution >= 0.6 is 0 Å². The van der Waals surface area contributed by atoms with E-state index in [1.807, 2.05) is 27.0 Å². The number of nitrogens with zero attached hydrogens (tertiary/aromatic N) is 2. The molecule has 0 bridgehead atoms. The number of likely N-dealkylation sites (N-methyl/N-ethyl adjacent to an activating group) is 1. The fraction of sp³-hybridized carbons (Fsp3) is 0.667. The van der Waals surface area contributed by atoms with E-state index in [9.17, 15) is 4.79 Å². The van der Waals surface area contributed by atoms with E-state index < -0.39 is 0 Å². The second-order valence-electron chi connectivity index (χ2n) is 5.55. The van der Waals surface area contributed by atoms with Crippen molar-refractivity contribution in [1.29, 1.82) is 0 Å². The number of rotatable bonds is 3. The highest BCUT2D eigenvalue weighted by Gasteiger charge is 2.22. The maximum atomic E-state index is 12.4. The predicted octanol–water partition coefficient (Wildman–Crippen LogP) is 1.86. The van der Waals surface area contributed by atoms with Gasteiger partial charge in [-0.1, -0.05) is 6.92 Å². The standard InChI is InChI=1S/C15H25N3O/c1-5-18-8-6-7-13(10-18)16-15(19)14-9-11(2)17(4)12(14)3/h9,13H,5-8,10H2,1-4H3,(H,16,19)/t13-/m1/s1. The highest BCUT2D eigenvalue weighted by atomic mass is 16.1. The van der Waals surface area contributed by atoms with Crippen LogP contribution in [0, 0.1) is 13.8 Å². The Kier molecular flexibility index (Phi) is 4.30. The van der Waals surface area contributed by atoms with Crippen LogP contribution in [0.15, 0.2) is 6.07 Å². The summed E-state index contributed by atoms with van der Waals surface area (Å²) < 4.78 is 2.06. The predicted molar refractivity (Wildman–Crippen MR) is 77.5 cm³/mol. The number of likely N-dealkylation sites (tertiary alicyclic amines) is 1. The quantitative estimate of drug-likeness (QED) is 0.904. The van der Waals surface area contributed by atoms with Crippen molar-refractivity contribution in [1.82, 2.24) is 14.8 Å². The number of hydrogen-bond donors (Lipinski definition) is 1. The van der Waals surface area contributed by atoms with Crippen LogP contribution in [-0.4, -0.2) is 41.1 Å². The fourth-order valence-corrected chi connectivity index (χ4v) is 2.81. The van der Waals surface area contributed by atoms with E-state index in [2.05, 4.69) is 21.7 Å². The van der Waals surface area contributed by atoms with Crippen molar-refractivity contribution in [2.75, 3.05) is 19.6 Å². The minimum absolute atomic E-state index is 0.0733. The number of hydrogen-bond acceptors (Lipinski definition) is 2. The summed E-state index contributed by atoms with van der Waals surface area (Å²) in [5.74, 6) is 0.0733. The second kappa shape index (κ2) is 5.78. The Balaban J connectivity index is 2.02. The van der Waals surface area contributed by atoms with Crippen molar-refractivity contribution in [2.45, 2.75) is 39.7 Å². The summed E-state index contributed by atoms with van der Waals surface area (Å²) in [5.41, 5.74) is 2.98. The van der Waals surface area contributed by atoms with Gasteiger partial charge in [0.1, 0.15) is 0 Å². The number of nitrogens with one attached hydrogen (secondary N) is 1. The lowest BCUT2D eigenvalue weighted by Crippen LogP contribution is -2.47. The topological polar surface area (TPSA) is 37.3 Å². The van der Waals surface area contributed by atoms with E-state index in [-0.39, 0.29) is 5.91 Å². The first-order valence-electron chi connectivity index (χ1n) is 7.19. The lowest BCUT2D eigenvalue weighted by Gasteiger charge is -2.32. The molecule has 1 amide bonds. The molecule has 19 heavy (non-hydrogen) atoms. The van der Waals surface area contributed by atoms with Gasteiger partial charge in [-0.15, -0.1) is 0 Å². The van der Waals surface area contributed by atoms with Gasteiger partial charge in [-0.05, 0) is 45.8 Å². The van der Waals surface area contributed by atoms with Crippen molar-refractivity contribution in [3.05, 3.63) is 23.0 Å². The first-order valence-corrected chi connectivity index (χ1v) is 7.19. The van der Waals surface area contributed by atoms with Gasteiger partial charge in [0.05, 0.1) is 5.56 Å². The van der Waals surface area contributed by atoms with Crippen molar-refractivity contribution >= 4 is 5.91 Å². The van der Waals surface area contributed by atoms with Gasteiger partial charge in [-0.2, -0.15) is 0 Å². The Morgan fingerprint density at radius 3 is 2.79 bits per heavy atom. The van der Waals surface area contributed by atoms with Crippen LogP contribution in [0.4, 0.5) is 0 Å². The molecule has 1 aromatic rings. The first kappa shape index (κ1) is 14.1. The maximum Gasteiger partial charge on any atom is 0.253 e. The van der Waals surface area contributed by atoms with E-state index >= 15 is 0 Å². The third kappa shape index (κ3) is 3.00. The summed E-state index contributed by atoms with van der Waals surface area (Å²) in [6, 6.07) is 2.27. The van der Waals surface area contributed by atoms with Gasteiger partial charge in [0.2, 0.25) is 0 Å². The van der Waals surface area contributed by atoms with E-state index in [1.54, 1.807) is 0 Å². The first-order chi connectivity index (χ1) is 9.02. The fourth-order valence-electron chi connectivity index (χ4n) is 2.81. The molecule has 1 saturated heterocycles. The minimum atomic E-state index is 0.0733. The highest BCUT2D eigenvalue weighted by molar-refractivity contribution is 5.95. The summed E-state index contributed by atoms with van der Waals surface area (Å²) in [6.45, 7) is 9.41. The molecule has 106 valence electrons. The molecule has 4 heteroatoms. The molecule has 1 aliphatic heterocycles. The Morgan fingerprint density at radius 2 is 2.21 bits per heavy atom. The summed E-state index contributed by atoms with van der Waals surface area (Å²) >= 11 is 0. The molecular formula is C15H25N3O. The molecule has 0 spiro atoms. The molecule has 1 N–H and O–H groups in total. The Hall–Kier alpha value is -1.29. The lowest BCUT2D eigenvalue weighted by molar-refractivity contribution is 0.0905. The number of carbonyl (C=O) groups excluding carboxylic acids is 1. The zero-order chi connectivity index (χ0) is 14.0. The van der Waals surface area contributed by atoms with E-state index in [0.29, 0.717) is 6.04 Å². The molecule has 0 aromatic carbocycles. The molecule has 4 nitrogen and oxygen atoms in total. The van der Waals surface area contributed by atoms with Gasteiger partial charge >= 0.3 is 0 Å². The largest absolute Gasteiger partial charge is 0.351 e. The van der Waals surface area contributed by atoms with Crippen LogP contribution in [0.3, 0.4) is 0 Å². The van der Waals surface area contributed by atoms with Gasteiger partial charge in [0.15, 0.2) is 0 Å². The average Bonchev–Trinajstić information content (AvgIpc) is 2.67. The third-order valence-electron chi connectivity index (χ3n) is 4.31. The van der Waals surface area contributed by atoms with Gasteiger partial charge < -0.3 is 14.8 Å². The number of amides is 1. The van der Waals surface area contributed by atoms with Gasteiger partial charge in [0, 0.05) is 31.0 Å². The van der Waals surface area contributed by atoms with Crippen LogP contribution < -0.4 is 5.32 Å². The number of aryl methyl sites for hydroxylation is 1. The molecule has 1 aromatic heterocycles. The van der Waals surface area contributed by atoms with Crippen LogP contribution in [0.5, 0.6) is 0 Å². The second-order valence-corrected chi connectivity index (χ2v) is 5.55. The molecule has 2 rings (SSSR count). The van der Waals surface area contributed by atoms with E-state index in [1.165, 1.54) is 6.42 Å². The van der Waals surface area contributed by atoms with Crippen LogP contribution in [0.1, 0.15) is 41.5 Å². The molecule has 1 fully saturated rings. The summed E-state index contributed by atoms with van der Waals surface area (Å²) in [6.07, 6.45) is 2.26. The Bertz CT molecular complexity index is 464. The van der Waals surface area contributed by atoms with E-state index in [4.69, 9.17) is 0 Å². The summed E-state index contributed by atoms with van der Waals surface area (Å²) in [5, 5.41) is 3.19. The van der Waals surface area contributed by atoms with Crippen molar-refractivity contribution in [3.63, 3.8) is 0 Å². The van der Waals surface area contributed by atoms with Crippen molar-refractivity contribution in [2.24, 2.45) is 7.05 Å². The molecule has 1 atom stereocenters. The summed E-state index contributed by atoms with van der Waals surface area (Å²) in [7, 11) is 2.00. The Labute approximate surface area is 115 Å². The van der Waals surface area contributed by atoms with Gasteiger partial charge in [0.25, 0.3) is 5.91 Å². The smallest absolute Gasteiger partial charge is 0.253 e. The summed E-state index contributed by atoms with van der Waals surface area (Å²) in [4.78, 5) is 14.8. The SMILES string of the molecule is CCN1CCC[C@@H](NC(=O)c2cc(C)n(C)c2C)C1. The zero-order valence-corrected chi connectivity index (χ0v) is 12.5. The van der Waals surface area contributed by atoms with Crippen LogP contribution in [-0.2, 0) is 7.05 Å². The van der Waals surface area contributed by atoms with Crippen LogP contribution in [0.25, 0.3) is 0 Å². The molecule has 0 saturated carbocycles. The molecular weight excluding hydrogens is 238 g/mol. The van der Waals surface area contributed by atoms with Gasteiger partial charge in [-0.3, -0.25) is 4.79 Å². The molecule has 2 heterocycles. The molecule has 0 radical (unpaired) electrons. The van der Waals surface area contributed by atoms with Crippen molar-refractivity contribution < 1.29 is 4.79 Å². The number of carbonyl (C=O) groups is 1. The number of piperidine rings is 1. The van der Waals surface area contributed by atoms with Crippen LogP contribution in [0.2, 0.25) is 0 Å². The van der Waals surface area contributed by atoms with E-state index in [0.717, 1.165) is 43.0 Å². The molecule has 0 aliphatic carbocycles. The van der Waals surface area contributed by atoms with Gasteiger partial charge in [-0.25, -0.2) is 0 Å². The van der Waals surface area contributed by atoms with Crippen molar-refractivity contribution in [3.8, 4) is 0 Å². The monoisotopic (exact) mass is 263 g/mol. The normalized spacial score (nSPS) is 20.5. The minimum Gasteiger partial charge on any atom is -0.351 e. The highest BCUT2D eigenvalue weighted by Crippen LogP contribution is 2.15. The zero-order valence-electron chi connectivity index (χ0n) is 12.5. The number of aromatic nitrogens is 1. The average molecular weight is 263 g/mol.